The summed E-state index contributed by atoms with van der Waals surface area (Å²) < 4.78 is 18.9. The molecule has 0 aromatic heterocycles. The summed E-state index contributed by atoms with van der Waals surface area (Å²) in [5, 5.41) is 0. The number of halogens is 1. The highest BCUT2D eigenvalue weighted by molar-refractivity contribution is 5.29. The first-order chi connectivity index (χ1) is 8.63. The number of ether oxygens (including phenoxy) is 1. The minimum absolute atomic E-state index is 0.197. The summed E-state index contributed by atoms with van der Waals surface area (Å²) in [5.41, 5.74) is 6.42. The fourth-order valence-corrected chi connectivity index (χ4v) is 2.61. The van der Waals surface area contributed by atoms with Crippen LogP contribution in [0.25, 0.3) is 0 Å². The molecule has 0 saturated carbocycles. The summed E-state index contributed by atoms with van der Waals surface area (Å²) in [6.45, 7) is 4.50. The number of methoxy groups -OCH3 is 1. The van der Waals surface area contributed by atoms with Gasteiger partial charge in [-0.05, 0) is 31.9 Å². The maximum absolute atomic E-state index is 13.9. The van der Waals surface area contributed by atoms with Crippen molar-refractivity contribution in [1.29, 1.82) is 0 Å². The van der Waals surface area contributed by atoms with Crippen LogP contribution in [-0.2, 0) is 6.54 Å². The second kappa shape index (κ2) is 5.67. The van der Waals surface area contributed by atoms with Crippen LogP contribution in [0.3, 0.4) is 0 Å². The molecule has 1 aromatic carbocycles. The van der Waals surface area contributed by atoms with Gasteiger partial charge in [-0.2, -0.15) is 0 Å². The predicted octanol–water partition coefficient (Wildman–Crippen LogP) is 2.00. The molecule has 1 saturated heterocycles. The van der Waals surface area contributed by atoms with Gasteiger partial charge < -0.3 is 10.5 Å². The number of nitrogens with two attached hydrogens (primary N) is 1. The van der Waals surface area contributed by atoms with Crippen LogP contribution in [0.2, 0.25) is 0 Å². The predicted molar refractivity (Wildman–Crippen MR) is 70.0 cm³/mol. The van der Waals surface area contributed by atoms with Crippen molar-refractivity contribution in [3.05, 3.63) is 29.6 Å². The zero-order chi connectivity index (χ0) is 13.1. The van der Waals surface area contributed by atoms with Gasteiger partial charge in [-0.25, -0.2) is 4.39 Å². The lowest BCUT2D eigenvalue weighted by Crippen LogP contribution is -2.27. The van der Waals surface area contributed by atoms with Crippen LogP contribution in [0.15, 0.2) is 18.2 Å². The average Bonchev–Trinajstić information content (AvgIpc) is 2.72. The molecule has 1 fully saturated rings. The van der Waals surface area contributed by atoms with Crippen LogP contribution in [0.1, 0.15) is 18.9 Å². The molecule has 2 N–H and O–H groups in total. The summed E-state index contributed by atoms with van der Waals surface area (Å²) in [6, 6.07) is 5.52. The van der Waals surface area contributed by atoms with Crippen LogP contribution >= 0.6 is 0 Å². The van der Waals surface area contributed by atoms with Gasteiger partial charge in [0, 0.05) is 30.8 Å². The van der Waals surface area contributed by atoms with Crippen LogP contribution < -0.4 is 10.5 Å². The van der Waals surface area contributed by atoms with Gasteiger partial charge in [-0.15, -0.1) is 0 Å². The summed E-state index contributed by atoms with van der Waals surface area (Å²) in [6.07, 6.45) is 1.11. The quantitative estimate of drug-likeness (QED) is 0.890. The zero-order valence-corrected chi connectivity index (χ0v) is 11.0. The third kappa shape index (κ3) is 2.82. The zero-order valence-electron chi connectivity index (χ0n) is 11.0. The summed E-state index contributed by atoms with van der Waals surface area (Å²) >= 11 is 0. The first kappa shape index (κ1) is 13.3. The largest absolute Gasteiger partial charge is 0.497 e. The molecule has 1 aliphatic rings. The van der Waals surface area contributed by atoms with Crippen molar-refractivity contribution in [2.24, 2.45) is 11.7 Å². The third-order valence-electron chi connectivity index (χ3n) is 3.76. The highest BCUT2D eigenvalue weighted by Gasteiger charge is 2.28. The Morgan fingerprint density at radius 1 is 1.50 bits per heavy atom. The van der Waals surface area contributed by atoms with Gasteiger partial charge in [-0.1, -0.05) is 6.07 Å². The third-order valence-corrected chi connectivity index (χ3v) is 3.76. The molecule has 1 heterocycles. The van der Waals surface area contributed by atoms with E-state index in [1.165, 1.54) is 6.07 Å². The van der Waals surface area contributed by atoms with Crippen LogP contribution in [0.4, 0.5) is 4.39 Å². The van der Waals surface area contributed by atoms with Crippen molar-refractivity contribution in [3.8, 4) is 5.75 Å². The summed E-state index contributed by atoms with van der Waals surface area (Å²) in [7, 11) is 1.54. The lowest BCUT2D eigenvalue weighted by Gasteiger charge is -2.21. The molecule has 0 amide bonds. The van der Waals surface area contributed by atoms with Gasteiger partial charge in [0.05, 0.1) is 7.11 Å². The number of hydrogen-bond donors (Lipinski definition) is 1. The van der Waals surface area contributed by atoms with Gasteiger partial charge in [0.1, 0.15) is 11.6 Å². The van der Waals surface area contributed by atoms with Crippen molar-refractivity contribution in [3.63, 3.8) is 0 Å². The Balaban J connectivity index is 2.05. The average molecular weight is 252 g/mol. The van der Waals surface area contributed by atoms with Gasteiger partial charge >= 0.3 is 0 Å². The topological polar surface area (TPSA) is 38.5 Å². The number of benzene rings is 1. The van der Waals surface area contributed by atoms with Crippen molar-refractivity contribution >= 4 is 0 Å². The SMILES string of the molecule is COc1ccc(CN2CC(CN)CC2C)c(F)c1. The first-order valence-corrected chi connectivity index (χ1v) is 6.40. The molecular formula is C14H21FN2O. The van der Waals surface area contributed by atoms with Crippen LogP contribution in [0, 0.1) is 11.7 Å². The molecule has 1 aliphatic heterocycles. The molecule has 0 bridgehead atoms. The normalized spacial score (nSPS) is 24.4. The molecular weight excluding hydrogens is 231 g/mol. The van der Waals surface area contributed by atoms with E-state index in [1.807, 2.05) is 0 Å². The fourth-order valence-electron chi connectivity index (χ4n) is 2.61. The van der Waals surface area contributed by atoms with E-state index in [1.54, 1.807) is 19.2 Å². The van der Waals surface area contributed by atoms with Gasteiger partial charge in [0.25, 0.3) is 0 Å². The molecule has 3 nitrogen and oxygen atoms in total. The Morgan fingerprint density at radius 2 is 2.28 bits per heavy atom. The Kier molecular flexibility index (Phi) is 4.19. The number of nitrogens with zero attached hydrogens (tertiary/aromatic N) is 1. The highest BCUT2D eigenvalue weighted by atomic mass is 19.1. The number of rotatable bonds is 4. The molecule has 2 atom stereocenters. The Labute approximate surface area is 108 Å². The second-order valence-electron chi connectivity index (χ2n) is 5.07. The Morgan fingerprint density at radius 3 is 2.83 bits per heavy atom. The van der Waals surface area contributed by atoms with E-state index in [2.05, 4.69) is 11.8 Å². The molecule has 100 valence electrons. The number of likely N-dealkylation sites (tertiary alicyclic amines) is 1. The van der Waals surface area contributed by atoms with Crippen molar-refractivity contribution in [2.45, 2.75) is 25.9 Å². The summed E-state index contributed by atoms with van der Waals surface area (Å²) in [5.74, 6) is 0.907. The fraction of sp³-hybridized carbons (Fsp3) is 0.571. The van der Waals surface area contributed by atoms with Gasteiger partial charge in [0.15, 0.2) is 0 Å². The first-order valence-electron chi connectivity index (χ1n) is 6.40. The van der Waals surface area contributed by atoms with E-state index >= 15 is 0 Å². The van der Waals surface area contributed by atoms with Crippen molar-refractivity contribution in [2.75, 3.05) is 20.2 Å². The highest BCUT2D eigenvalue weighted by Crippen LogP contribution is 2.25. The Bertz CT molecular complexity index is 411. The van der Waals surface area contributed by atoms with E-state index in [0.717, 1.165) is 18.5 Å². The van der Waals surface area contributed by atoms with Crippen LogP contribution in [0.5, 0.6) is 5.75 Å². The molecule has 0 radical (unpaired) electrons. The lowest BCUT2D eigenvalue weighted by molar-refractivity contribution is 0.252. The van der Waals surface area contributed by atoms with Crippen molar-refractivity contribution < 1.29 is 9.13 Å². The smallest absolute Gasteiger partial charge is 0.131 e. The monoisotopic (exact) mass is 252 g/mol. The van der Waals surface area contributed by atoms with E-state index in [4.69, 9.17) is 10.5 Å². The molecule has 0 aliphatic carbocycles. The molecule has 2 rings (SSSR count). The maximum Gasteiger partial charge on any atom is 0.131 e. The van der Waals surface area contributed by atoms with E-state index in [-0.39, 0.29) is 5.82 Å². The molecule has 2 unspecified atom stereocenters. The van der Waals surface area contributed by atoms with Gasteiger partial charge in [0.2, 0.25) is 0 Å². The molecule has 0 spiro atoms. The Hall–Kier alpha value is -1.13. The minimum Gasteiger partial charge on any atom is -0.497 e. The van der Waals surface area contributed by atoms with Crippen molar-refractivity contribution in [1.82, 2.24) is 4.90 Å². The summed E-state index contributed by atoms with van der Waals surface area (Å²) in [4.78, 5) is 2.29. The van der Waals surface area contributed by atoms with Gasteiger partial charge in [-0.3, -0.25) is 4.90 Å². The van der Waals surface area contributed by atoms with E-state index in [0.29, 0.717) is 30.8 Å². The second-order valence-corrected chi connectivity index (χ2v) is 5.07. The number of hydrogen-bond acceptors (Lipinski definition) is 3. The lowest BCUT2D eigenvalue weighted by atomic mass is 10.1. The standard InChI is InChI=1S/C14H21FN2O/c1-10-5-11(7-16)8-17(10)9-12-3-4-13(18-2)6-14(12)15/h3-4,6,10-11H,5,7-9,16H2,1-2H3. The minimum atomic E-state index is -0.197. The molecule has 1 aromatic rings. The molecule has 4 heteroatoms. The van der Waals surface area contributed by atoms with E-state index in [9.17, 15) is 4.39 Å². The van der Waals surface area contributed by atoms with E-state index < -0.39 is 0 Å². The molecule has 18 heavy (non-hydrogen) atoms. The maximum atomic E-state index is 13.9. The van der Waals surface area contributed by atoms with Crippen LogP contribution in [-0.4, -0.2) is 31.1 Å².